The van der Waals surface area contributed by atoms with Gasteiger partial charge in [-0.15, -0.1) is 11.3 Å². The molecule has 0 amide bonds. The summed E-state index contributed by atoms with van der Waals surface area (Å²) >= 11 is 7.32. The molecular weight excluding hydrogens is 266 g/mol. The first kappa shape index (κ1) is 14.0. The molecule has 0 fully saturated rings. The molecule has 16 heavy (non-hydrogen) atoms. The van der Waals surface area contributed by atoms with Crippen LogP contribution in [0.2, 0.25) is 4.34 Å². The highest BCUT2D eigenvalue weighted by Crippen LogP contribution is 2.24. The first-order valence-electron chi connectivity index (χ1n) is 4.95. The van der Waals surface area contributed by atoms with Crippen LogP contribution in [0.5, 0.6) is 0 Å². The molecule has 0 aromatic carbocycles. The first-order valence-corrected chi connectivity index (χ1v) is 8.27. The van der Waals surface area contributed by atoms with Gasteiger partial charge in [-0.05, 0) is 30.9 Å². The zero-order valence-corrected chi connectivity index (χ0v) is 11.9. The normalized spacial score (nSPS) is 16.0. The van der Waals surface area contributed by atoms with Crippen LogP contribution in [-0.4, -0.2) is 26.5 Å². The third-order valence-corrected chi connectivity index (χ3v) is 4.39. The molecule has 0 aliphatic rings. The Morgan fingerprint density at radius 1 is 1.50 bits per heavy atom. The monoisotopic (exact) mass is 281 g/mol. The molecule has 1 heterocycles. The van der Waals surface area contributed by atoms with E-state index in [1.165, 1.54) is 17.6 Å². The van der Waals surface area contributed by atoms with E-state index in [0.29, 0.717) is 0 Å². The van der Waals surface area contributed by atoms with E-state index in [4.69, 9.17) is 11.6 Å². The molecule has 0 aliphatic heterocycles. The van der Waals surface area contributed by atoms with Gasteiger partial charge in [-0.1, -0.05) is 11.6 Å². The van der Waals surface area contributed by atoms with Crippen molar-refractivity contribution in [2.45, 2.75) is 25.9 Å². The Kier molecular flexibility index (Phi) is 4.79. The Labute approximate surface area is 106 Å². The summed E-state index contributed by atoms with van der Waals surface area (Å²) < 4.78 is 23.0. The van der Waals surface area contributed by atoms with E-state index in [0.717, 1.165) is 9.90 Å². The summed E-state index contributed by atoms with van der Waals surface area (Å²) in [4.78, 5) is 0. The molecule has 0 aliphatic carbocycles. The molecule has 2 unspecified atom stereocenters. The van der Waals surface area contributed by atoms with Crippen molar-refractivity contribution >= 4 is 32.8 Å². The van der Waals surface area contributed by atoms with Crippen molar-refractivity contribution in [1.82, 2.24) is 5.32 Å². The minimum absolute atomic E-state index is 0.0660. The lowest BCUT2D eigenvalue weighted by Gasteiger charge is -2.18. The predicted molar refractivity (Wildman–Crippen MR) is 70.1 cm³/mol. The Morgan fingerprint density at radius 2 is 2.12 bits per heavy atom. The largest absolute Gasteiger partial charge is 0.307 e. The lowest BCUT2D eigenvalue weighted by molar-refractivity contribution is 0.501. The van der Waals surface area contributed by atoms with Crippen molar-refractivity contribution in [3.05, 3.63) is 21.3 Å². The molecule has 3 nitrogen and oxygen atoms in total. The highest BCUT2D eigenvalue weighted by Gasteiger charge is 2.14. The molecule has 0 saturated heterocycles. The van der Waals surface area contributed by atoms with Crippen LogP contribution in [0.3, 0.4) is 0 Å². The van der Waals surface area contributed by atoms with Gasteiger partial charge in [0.1, 0.15) is 9.84 Å². The van der Waals surface area contributed by atoms with Gasteiger partial charge < -0.3 is 5.32 Å². The molecule has 2 atom stereocenters. The van der Waals surface area contributed by atoms with Crippen LogP contribution in [0.1, 0.15) is 25.5 Å². The van der Waals surface area contributed by atoms with Gasteiger partial charge in [0.15, 0.2) is 0 Å². The number of thiophene rings is 1. The molecular formula is C10H16ClNO2S2. The maximum atomic E-state index is 11.1. The second-order valence-electron chi connectivity index (χ2n) is 4.07. The van der Waals surface area contributed by atoms with E-state index >= 15 is 0 Å². The van der Waals surface area contributed by atoms with E-state index in [1.54, 1.807) is 0 Å². The Hall–Kier alpha value is -0.100. The Bertz CT molecular complexity index is 441. The SMILES string of the molecule is CC(CS(C)(=O)=O)NC(C)c1csc(Cl)c1. The van der Waals surface area contributed by atoms with Gasteiger partial charge >= 0.3 is 0 Å². The third kappa shape index (κ3) is 4.82. The number of rotatable bonds is 5. The summed E-state index contributed by atoms with van der Waals surface area (Å²) in [6.07, 6.45) is 1.25. The lowest BCUT2D eigenvalue weighted by atomic mass is 10.1. The van der Waals surface area contributed by atoms with E-state index in [2.05, 4.69) is 5.32 Å². The van der Waals surface area contributed by atoms with Gasteiger partial charge in [0.2, 0.25) is 0 Å². The molecule has 1 aromatic rings. The fraction of sp³-hybridized carbons (Fsp3) is 0.600. The van der Waals surface area contributed by atoms with Gasteiger partial charge in [0, 0.05) is 18.3 Å². The van der Waals surface area contributed by atoms with Crippen LogP contribution >= 0.6 is 22.9 Å². The summed E-state index contributed by atoms with van der Waals surface area (Å²) in [5, 5.41) is 5.21. The fourth-order valence-electron chi connectivity index (χ4n) is 1.58. The van der Waals surface area contributed by atoms with Crippen molar-refractivity contribution in [2.75, 3.05) is 12.0 Å². The van der Waals surface area contributed by atoms with Crippen LogP contribution in [0.25, 0.3) is 0 Å². The van der Waals surface area contributed by atoms with Crippen LogP contribution in [0, 0.1) is 0 Å². The van der Waals surface area contributed by atoms with Crippen molar-refractivity contribution in [3.63, 3.8) is 0 Å². The number of nitrogens with one attached hydrogen (secondary N) is 1. The molecule has 6 heteroatoms. The summed E-state index contributed by atoms with van der Waals surface area (Å²) in [6, 6.07) is 1.95. The van der Waals surface area contributed by atoms with E-state index in [9.17, 15) is 8.42 Å². The third-order valence-electron chi connectivity index (χ3n) is 2.18. The molecule has 92 valence electrons. The smallest absolute Gasteiger partial charge is 0.148 e. The number of sulfone groups is 1. The summed E-state index contributed by atoms with van der Waals surface area (Å²) in [5.74, 6) is 0.148. The highest BCUT2D eigenvalue weighted by molar-refractivity contribution is 7.90. The van der Waals surface area contributed by atoms with E-state index in [1.807, 2.05) is 25.3 Å². The highest BCUT2D eigenvalue weighted by atomic mass is 35.5. The quantitative estimate of drug-likeness (QED) is 0.902. The predicted octanol–water partition coefficient (Wildman–Crippen LogP) is 2.49. The first-order chi connectivity index (χ1) is 7.28. The molecule has 1 aromatic heterocycles. The minimum Gasteiger partial charge on any atom is -0.307 e. The summed E-state index contributed by atoms with van der Waals surface area (Å²) in [7, 11) is -2.93. The van der Waals surface area contributed by atoms with Crippen LogP contribution in [0.4, 0.5) is 0 Å². The summed E-state index contributed by atoms with van der Waals surface area (Å²) in [6.45, 7) is 3.86. The maximum absolute atomic E-state index is 11.1. The average molecular weight is 282 g/mol. The zero-order chi connectivity index (χ0) is 12.3. The maximum Gasteiger partial charge on any atom is 0.148 e. The van der Waals surface area contributed by atoms with E-state index < -0.39 is 9.84 Å². The number of halogens is 1. The average Bonchev–Trinajstić information content (AvgIpc) is 2.47. The fourth-order valence-corrected chi connectivity index (χ4v) is 3.56. The Morgan fingerprint density at radius 3 is 2.56 bits per heavy atom. The summed E-state index contributed by atoms with van der Waals surface area (Å²) in [5.41, 5.74) is 1.09. The van der Waals surface area contributed by atoms with Gasteiger partial charge in [-0.25, -0.2) is 8.42 Å². The second-order valence-corrected chi connectivity index (χ2v) is 7.79. The van der Waals surface area contributed by atoms with Crippen molar-refractivity contribution in [2.24, 2.45) is 0 Å². The molecule has 1 rings (SSSR count). The van der Waals surface area contributed by atoms with Crippen molar-refractivity contribution < 1.29 is 8.42 Å². The van der Waals surface area contributed by atoms with Crippen molar-refractivity contribution in [1.29, 1.82) is 0 Å². The van der Waals surface area contributed by atoms with E-state index in [-0.39, 0.29) is 17.8 Å². The van der Waals surface area contributed by atoms with Gasteiger partial charge in [0.05, 0.1) is 10.1 Å². The molecule has 0 spiro atoms. The zero-order valence-electron chi connectivity index (χ0n) is 9.53. The van der Waals surface area contributed by atoms with Gasteiger partial charge in [-0.2, -0.15) is 0 Å². The van der Waals surface area contributed by atoms with Crippen LogP contribution < -0.4 is 5.32 Å². The van der Waals surface area contributed by atoms with Gasteiger partial charge in [-0.3, -0.25) is 0 Å². The molecule has 0 saturated carbocycles. The molecule has 0 bridgehead atoms. The lowest BCUT2D eigenvalue weighted by Crippen LogP contribution is -2.34. The van der Waals surface area contributed by atoms with Crippen LogP contribution in [-0.2, 0) is 9.84 Å². The number of hydrogen-bond donors (Lipinski definition) is 1. The standard InChI is InChI=1S/C10H16ClNO2S2/c1-7(6-16(3,13)14)12-8(2)9-4-10(11)15-5-9/h4-5,7-8,12H,6H2,1-3H3. The number of hydrogen-bond acceptors (Lipinski definition) is 4. The van der Waals surface area contributed by atoms with Crippen LogP contribution in [0.15, 0.2) is 11.4 Å². The molecule has 0 radical (unpaired) electrons. The van der Waals surface area contributed by atoms with Gasteiger partial charge in [0.25, 0.3) is 0 Å². The van der Waals surface area contributed by atoms with Crippen molar-refractivity contribution in [3.8, 4) is 0 Å². The molecule has 1 N–H and O–H groups in total. The second kappa shape index (κ2) is 5.49. The Balaban J connectivity index is 2.55. The minimum atomic E-state index is -2.93. The topological polar surface area (TPSA) is 46.2 Å².